The Labute approximate surface area is 94.0 Å². The van der Waals surface area contributed by atoms with E-state index in [1.54, 1.807) is 11.8 Å². The average Bonchev–Trinajstić information content (AvgIpc) is 2.14. The second-order valence-corrected chi connectivity index (χ2v) is 5.11. The summed E-state index contributed by atoms with van der Waals surface area (Å²) in [6.45, 7) is 0. The fourth-order valence-corrected chi connectivity index (χ4v) is 2.69. The van der Waals surface area contributed by atoms with E-state index in [9.17, 15) is 0 Å². The van der Waals surface area contributed by atoms with Gasteiger partial charge < -0.3 is 5.73 Å². The van der Waals surface area contributed by atoms with Gasteiger partial charge in [-0.3, -0.25) is 0 Å². The van der Waals surface area contributed by atoms with Gasteiger partial charge in [0.2, 0.25) is 0 Å². The topological polar surface area (TPSA) is 26.0 Å². The van der Waals surface area contributed by atoms with Crippen LogP contribution in [-0.4, -0.2) is 6.26 Å². The molecule has 0 bridgehead atoms. The first-order valence-electron chi connectivity index (χ1n) is 4.79. The number of nitrogens with two attached hydrogens (primary N) is 1. The van der Waals surface area contributed by atoms with E-state index in [1.165, 1.54) is 12.0 Å². The molecule has 0 unspecified atom stereocenters. The molecule has 1 saturated carbocycles. The molecular formula is C11H14ClNS. The number of halogens is 1. The molecule has 0 atom stereocenters. The molecule has 0 spiro atoms. The van der Waals surface area contributed by atoms with Crippen molar-refractivity contribution >= 4 is 23.4 Å². The normalized spacial score (nSPS) is 19.1. The molecule has 14 heavy (non-hydrogen) atoms. The van der Waals surface area contributed by atoms with E-state index >= 15 is 0 Å². The number of thioether (sulfide) groups is 1. The van der Waals surface area contributed by atoms with Crippen molar-refractivity contribution in [1.82, 2.24) is 0 Å². The minimum Gasteiger partial charge on any atom is -0.321 e. The van der Waals surface area contributed by atoms with Crippen LogP contribution in [0, 0.1) is 0 Å². The van der Waals surface area contributed by atoms with Gasteiger partial charge in [-0.25, -0.2) is 0 Å². The van der Waals surface area contributed by atoms with Crippen molar-refractivity contribution in [2.24, 2.45) is 5.73 Å². The van der Waals surface area contributed by atoms with Crippen molar-refractivity contribution in [2.45, 2.75) is 29.7 Å². The highest BCUT2D eigenvalue weighted by molar-refractivity contribution is 7.98. The number of benzene rings is 1. The van der Waals surface area contributed by atoms with Crippen LogP contribution in [0.3, 0.4) is 0 Å². The molecule has 0 aromatic heterocycles. The SMILES string of the molecule is CSc1ccc(C2(N)CCC2)cc1Cl. The van der Waals surface area contributed by atoms with Crippen molar-refractivity contribution in [3.63, 3.8) is 0 Å². The molecule has 0 amide bonds. The minimum absolute atomic E-state index is 0.0966. The van der Waals surface area contributed by atoms with E-state index in [0.717, 1.165) is 22.8 Å². The van der Waals surface area contributed by atoms with Gasteiger partial charge in [0, 0.05) is 10.4 Å². The summed E-state index contributed by atoms with van der Waals surface area (Å²) in [7, 11) is 0. The van der Waals surface area contributed by atoms with Gasteiger partial charge >= 0.3 is 0 Å². The van der Waals surface area contributed by atoms with E-state index in [-0.39, 0.29) is 5.54 Å². The molecular weight excluding hydrogens is 214 g/mol. The van der Waals surface area contributed by atoms with Crippen molar-refractivity contribution in [2.75, 3.05) is 6.26 Å². The molecule has 2 N–H and O–H groups in total. The summed E-state index contributed by atoms with van der Waals surface area (Å²) in [5.41, 5.74) is 7.31. The fraction of sp³-hybridized carbons (Fsp3) is 0.455. The highest BCUT2D eigenvalue weighted by atomic mass is 35.5. The summed E-state index contributed by atoms with van der Waals surface area (Å²) in [5.74, 6) is 0. The second-order valence-electron chi connectivity index (χ2n) is 3.86. The van der Waals surface area contributed by atoms with Crippen LogP contribution >= 0.6 is 23.4 Å². The zero-order valence-corrected chi connectivity index (χ0v) is 9.79. The molecule has 0 aliphatic heterocycles. The molecule has 3 heteroatoms. The molecule has 0 saturated heterocycles. The lowest BCUT2D eigenvalue weighted by atomic mass is 9.73. The lowest BCUT2D eigenvalue weighted by Gasteiger charge is -2.38. The Bertz CT molecular complexity index is 347. The Morgan fingerprint density at radius 3 is 2.57 bits per heavy atom. The van der Waals surface area contributed by atoms with Crippen LogP contribution in [0.4, 0.5) is 0 Å². The average molecular weight is 228 g/mol. The number of rotatable bonds is 2. The van der Waals surface area contributed by atoms with Crippen LogP contribution in [0.15, 0.2) is 23.1 Å². The van der Waals surface area contributed by atoms with Gasteiger partial charge in [0.25, 0.3) is 0 Å². The highest BCUT2D eigenvalue weighted by Crippen LogP contribution is 2.40. The molecule has 76 valence electrons. The van der Waals surface area contributed by atoms with E-state index in [4.69, 9.17) is 17.3 Å². The Hall–Kier alpha value is -0.180. The molecule has 1 nitrogen and oxygen atoms in total. The number of hydrogen-bond donors (Lipinski definition) is 1. The summed E-state index contributed by atoms with van der Waals surface area (Å²) in [4.78, 5) is 1.12. The minimum atomic E-state index is -0.0966. The molecule has 2 rings (SSSR count). The molecule has 0 radical (unpaired) electrons. The zero-order valence-electron chi connectivity index (χ0n) is 8.22. The summed E-state index contributed by atoms with van der Waals surface area (Å²) < 4.78 is 0. The molecule has 1 aromatic carbocycles. The van der Waals surface area contributed by atoms with E-state index in [0.29, 0.717) is 0 Å². The van der Waals surface area contributed by atoms with Crippen LogP contribution in [0.5, 0.6) is 0 Å². The third kappa shape index (κ3) is 1.67. The van der Waals surface area contributed by atoms with Crippen LogP contribution in [0.2, 0.25) is 5.02 Å². The first-order chi connectivity index (χ1) is 6.65. The van der Waals surface area contributed by atoms with Crippen molar-refractivity contribution in [3.8, 4) is 0 Å². The Balaban J connectivity index is 2.32. The summed E-state index contributed by atoms with van der Waals surface area (Å²) in [6.07, 6.45) is 5.44. The maximum Gasteiger partial charge on any atom is 0.0545 e. The quantitative estimate of drug-likeness (QED) is 0.784. The lowest BCUT2D eigenvalue weighted by Crippen LogP contribution is -2.43. The predicted octanol–water partition coefficient (Wildman–Crippen LogP) is 3.40. The maximum atomic E-state index is 6.22. The van der Waals surface area contributed by atoms with Gasteiger partial charge in [-0.15, -0.1) is 11.8 Å². The number of hydrogen-bond acceptors (Lipinski definition) is 2. The van der Waals surface area contributed by atoms with Crippen LogP contribution in [0.1, 0.15) is 24.8 Å². The molecule has 1 aliphatic rings. The largest absolute Gasteiger partial charge is 0.321 e. The van der Waals surface area contributed by atoms with Crippen LogP contribution in [0.25, 0.3) is 0 Å². The van der Waals surface area contributed by atoms with Gasteiger partial charge in [0.05, 0.1) is 5.02 Å². The van der Waals surface area contributed by atoms with Crippen molar-refractivity contribution in [1.29, 1.82) is 0 Å². The Morgan fingerprint density at radius 1 is 1.43 bits per heavy atom. The molecule has 1 aromatic rings. The standard InChI is InChI=1S/C11H14ClNS/c1-14-10-4-3-8(7-9(10)12)11(13)5-2-6-11/h3-4,7H,2,5-6,13H2,1H3. The highest BCUT2D eigenvalue weighted by Gasteiger charge is 2.34. The molecule has 1 aliphatic carbocycles. The Kier molecular flexibility index (Phi) is 2.78. The fourth-order valence-electron chi connectivity index (χ4n) is 1.82. The zero-order chi connectivity index (χ0) is 10.2. The first kappa shape index (κ1) is 10.3. The van der Waals surface area contributed by atoms with Gasteiger partial charge in [0.1, 0.15) is 0 Å². The first-order valence-corrected chi connectivity index (χ1v) is 6.39. The summed E-state index contributed by atoms with van der Waals surface area (Å²) in [6, 6.07) is 6.19. The van der Waals surface area contributed by atoms with Gasteiger partial charge in [-0.2, -0.15) is 0 Å². The van der Waals surface area contributed by atoms with Crippen molar-refractivity contribution < 1.29 is 0 Å². The van der Waals surface area contributed by atoms with Crippen LogP contribution < -0.4 is 5.73 Å². The third-order valence-corrected chi connectivity index (χ3v) is 4.19. The lowest BCUT2D eigenvalue weighted by molar-refractivity contribution is 0.253. The van der Waals surface area contributed by atoms with Crippen molar-refractivity contribution in [3.05, 3.63) is 28.8 Å². The monoisotopic (exact) mass is 227 g/mol. The second kappa shape index (κ2) is 3.76. The van der Waals surface area contributed by atoms with Crippen LogP contribution in [-0.2, 0) is 5.54 Å². The van der Waals surface area contributed by atoms with Gasteiger partial charge in [-0.1, -0.05) is 17.7 Å². The molecule has 0 heterocycles. The van der Waals surface area contributed by atoms with E-state index in [2.05, 4.69) is 12.1 Å². The van der Waals surface area contributed by atoms with Gasteiger partial charge in [-0.05, 0) is 43.2 Å². The van der Waals surface area contributed by atoms with E-state index in [1.807, 2.05) is 12.3 Å². The third-order valence-electron chi connectivity index (χ3n) is 2.97. The molecule has 1 fully saturated rings. The Morgan fingerprint density at radius 2 is 2.14 bits per heavy atom. The van der Waals surface area contributed by atoms with Gasteiger partial charge in [0.15, 0.2) is 0 Å². The summed E-state index contributed by atoms with van der Waals surface area (Å²) >= 11 is 7.81. The summed E-state index contributed by atoms with van der Waals surface area (Å²) in [5, 5.41) is 0.826. The van der Waals surface area contributed by atoms with E-state index < -0.39 is 0 Å². The smallest absolute Gasteiger partial charge is 0.0545 e. The maximum absolute atomic E-state index is 6.22. The predicted molar refractivity (Wildman–Crippen MR) is 62.9 cm³/mol.